The third-order valence-corrected chi connectivity index (χ3v) is 3.61. The van der Waals surface area contributed by atoms with Crippen molar-refractivity contribution >= 4 is 27.9 Å². The number of nitrogens with zero attached hydrogens (tertiary/aromatic N) is 1. The van der Waals surface area contributed by atoms with Crippen LogP contribution in [-0.2, 0) is 11.4 Å². The van der Waals surface area contributed by atoms with Crippen molar-refractivity contribution in [1.82, 2.24) is 0 Å². The van der Waals surface area contributed by atoms with Crippen molar-refractivity contribution in [3.63, 3.8) is 0 Å². The van der Waals surface area contributed by atoms with Gasteiger partial charge in [-0.15, -0.1) is 0 Å². The van der Waals surface area contributed by atoms with Gasteiger partial charge in [0.15, 0.2) is 0 Å². The van der Waals surface area contributed by atoms with E-state index in [-0.39, 0.29) is 18.0 Å². The number of ether oxygens (including phenoxy) is 1. The predicted molar refractivity (Wildman–Crippen MR) is 87.7 cm³/mol. The van der Waals surface area contributed by atoms with Gasteiger partial charge in [0.2, 0.25) is 0 Å². The summed E-state index contributed by atoms with van der Waals surface area (Å²) >= 11 is 3.34. The zero-order valence-corrected chi connectivity index (χ0v) is 13.5. The molecule has 116 valence electrons. The van der Waals surface area contributed by atoms with Gasteiger partial charge < -0.3 is 10.5 Å². The molecule has 0 aliphatic heterocycles. The molecule has 2 N–H and O–H groups in total. The molecule has 0 unspecified atom stereocenters. The van der Waals surface area contributed by atoms with Crippen molar-refractivity contribution in [2.75, 3.05) is 0 Å². The zero-order valence-electron chi connectivity index (χ0n) is 11.9. The molecule has 6 heteroatoms. The molecule has 0 bridgehead atoms. The first-order chi connectivity index (χ1) is 11.0. The third kappa shape index (κ3) is 4.41. The van der Waals surface area contributed by atoms with E-state index in [0.717, 1.165) is 0 Å². The molecular formula is C17H12BrFN2O2. The molecule has 0 radical (unpaired) electrons. The van der Waals surface area contributed by atoms with Gasteiger partial charge in [0.1, 0.15) is 29.8 Å². The number of nitriles is 1. The van der Waals surface area contributed by atoms with Crippen LogP contribution in [0.1, 0.15) is 11.1 Å². The fraction of sp³-hybridized carbons (Fsp3) is 0.0588. The molecule has 1 amide bonds. The smallest absolute Gasteiger partial charge is 0.259 e. The van der Waals surface area contributed by atoms with E-state index >= 15 is 0 Å². The normalized spacial score (nSPS) is 10.9. The maximum Gasteiger partial charge on any atom is 0.259 e. The minimum Gasteiger partial charge on any atom is -0.488 e. The van der Waals surface area contributed by atoms with E-state index in [0.29, 0.717) is 21.3 Å². The quantitative estimate of drug-likeness (QED) is 0.641. The van der Waals surface area contributed by atoms with Crippen LogP contribution in [0.4, 0.5) is 4.39 Å². The van der Waals surface area contributed by atoms with E-state index in [1.54, 1.807) is 42.5 Å². The van der Waals surface area contributed by atoms with Gasteiger partial charge in [0, 0.05) is 5.56 Å². The van der Waals surface area contributed by atoms with Crippen LogP contribution in [0.25, 0.3) is 6.08 Å². The van der Waals surface area contributed by atoms with Crippen molar-refractivity contribution in [1.29, 1.82) is 5.26 Å². The van der Waals surface area contributed by atoms with Crippen LogP contribution in [0.3, 0.4) is 0 Å². The van der Waals surface area contributed by atoms with Crippen molar-refractivity contribution in [2.45, 2.75) is 6.61 Å². The van der Waals surface area contributed by atoms with Crippen LogP contribution in [0.5, 0.6) is 5.75 Å². The van der Waals surface area contributed by atoms with E-state index in [1.165, 1.54) is 12.1 Å². The molecule has 2 aromatic carbocycles. The van der Waals surface area contributed by atoms with Gasteiger partial charge in [0.05, 0.1) is 4.47 Å². The highest BCUT2D eigenvalue weighted by Gasteiger charge is 2.07. The Morgan fingerprint density at radius 1 is 1.35 bits per heavy atom. The van der Waals surface area contributed by atoms with Crippen LogP contribution < -0.4 is 10.5 Å². The molecule has 0 aliphatic carbocycles. The number of nitrogens with two attached hydrogens (primary N) is 1. The Labute approximate surface area is 141 Å². The summed E-state index contributed by atoms with van der Waals surface area (Å²) in [6, 6.07) is 13.1. The van der Waals surface area contributed by atoms with Gasteiger partial charge >= 0.3 is 0 Å². The molecule has 0 heterocycles. The molecule has 0 atom stereocenters. The molecule has 0 saturated heterocycles. The van der Waals surface area contributed by atoms with Gasteiger partial charge in [-0.2, -0.15) is 5.26 Å². The first-order valence-corrected chi connectivity index (χ1v) is 7.38. The topological polar surface area (TPSA) is 76.1 Å². The number of carbonyl (C=O) groups is 1. The van der Waals surface area contributed by atoms with Crippen molar-refractivity contribution in [3.8, 4) is 11.8 Å². The summed E-state index contributed by atoms with van der Waals surface area (Å²) in [5.74, 6) is -0.602. The molecule has 4 nitrogen and oxygen atoms in total. The molecule has 0 aromatic heterocycles. The highest BCUT2D eigenvalue weighted by Crippen LogP contribution is 2.28. The number of amides is 1. The number of hydrogen-bond donors (Lipinski definition) is 1. The summed E-state index contributed by atoms with van der Waals surface area (Å²) in [6.45, 7) is 0.0885. The SMILES string of the molecule is N#C/C(=C\c1ccc(OCc2ccccc2F)c(Br)c1)C(N)=O. The predicted octanol–water partition coefficient (Wildman–Crippen LogP) is 3.56. The van der Waals surface area contributed by atoms with E-state index in [9.17, 15) is 9.18 Å². The summed E-state index contributed by atoms with van der Waals surface area (Å²) < 4.78 is 19.7. The van der Waals surface area contributed by atoms with Gasteiger partial charge in [-0.3, -0.25) is 4.79 Å². The number of halogens is 2. The fourth-order valence-electron chi connectivity index (χ4n) is 1.82. The Morgan fingerprint density at radius 2 is 2.09 bits per heavy atom. The maximum atomic E-state index is 13.5. The number of benzene rings is 2. The van der Waals surface area contributed by atoms with Crippen molar-refractivity contribution in [2.24, 2.45) is 5.73 Å². The Morgan fingerprint density at radius 3 is 2.70 bits per heavy atom. The standard InChI is InChI=1S/C17H12BrFN2O2/c18-14-8-11(7-13(9-20)17(21)22)5-6-16(14)23-10-12-3-1-2-4-15(12)19/h1-8H,10H2,(H2,21,22)/b13-7+. The molecule has 0 fully saturated rings. The zero-order chi connectivity index (χ0) is 16.8. The van der Waals surface area contributed by atoms with Crippen LogP contribution in [-0.4, -0.2) is 5.91 Å². The van der Waals surface area contributed by atoms with Crippen LogP contribution in [0.2, 0.25) is 0 Å². The second kappa shape index (κ2) is 7.56. The van der Waals surface area contributed by atoms with E-state index in [4.69, 9.17) is 15.7 Å². The summed E-state index contributed by atoms with van der Waals surface area (Å²) in [6.07, 6.45) is 1.38. The monoisotopic (exact) mass is 374 g/mol. The van der Waals surface area contributed by atoms with Crippen LogP contribution >= 0.6 is 15.9 Å². The minimum atomic E-state index is -0.788. The number of rotatable bonds is 5. The summed E-state index contributed by atoms with van der Waals surface area (Å²) in [5, 5.41) is 8.83. The minimum absolute atomic E-state index is 0.0885. The van der Waals surface area contributed by atoms with E-state index in [1.807, 2.05) is 0 Å². The molecule has 0 aliphatic rings. The number of hydrogen-bond acceptors (Lipinski definition) is 3. The highest BCUT2D eigenvalue weighted by atomic mass is 79.9. The second-order valence-corrected chi connectivity index (χ2v) is 5.46. The third-order valence-electron chi connectivity index (χ3n) is 2.99. The van der Waals surface area contributed by atoms with Crippen LogP contribution in [0, 0.1) is 17.1 Å². The Hall–Kier alpha value is -2.65. The molecule has 2 rings (SSSR count). The van der Waals surface area contributed by atoms with Gasteiger partial charge in [0.25, 0.3) is 5.91 Å². The first kappa shape index (κ1) is 16.7. The van der Waals surface area contributed by atoms with Gasteiger partial charge in [-0.05, 0) is 45.8 Å². The summed E-state index contributed by atoms with van der Waals surface area (Å²) in [5.41, 5.74) is 6.01. The van der Waals surface area contributed by atoms with E-state index < -0.39 is 5.91 Å². The second-order valence-electron chi connectivity index (χ2n) is 4.60. The van der Waals surface area contributed by atoms with Gasteiger partial charge in [-0.25, -0.2) is 4.39 Å². The molecule has 23 heavy (non-hydrogen) atoms. The average molecular weight is 375 g/mol. The molecule has 2 aromatic rings. The largest absolute Gasteiger partial charge is 0.488 e. The molecule has 0 saturated carbocycles. The summed E-state index contributed by atoms with van der Waals surface area (Å²) in [4.78, 5) is 11.0. The lowest BCUT2D eigenvalue weighted by Gasteiger charge is -2.09. The van der Waals surface area contributed by atoms with E-state index in [2.05, 4.69) is 15.9 Å². The Balaban J connectivity index is 2.16. The Kier molecular flexibility index (Phi) is 5.50. The lowest BCUT2D eigenvalue weighted by atomic mass is 10.1. The average Bonchev–Trinajstić information content (AvgIpc) is 2.53. The lowest BCUT2D eigenvalue weighted by molar-refractivity contribution is -0.114. The van der Waals surface area contributed by atoms with Crippen LogP contribution in [0.15, 0.2) is 52.5 Å². The summed E-state index contributed by atoms with van der Waals surface area (Å²) in [7, 11) is 0. The molecular weight excluding hydrogens is 363 g/mol. The van der Waals surface area contributed by atoms with Gasteiger partial charge in [-0.1, -0.05) is 24.3 Å². The number of carbonyl (C=O) groups excluding carboxylic acids is 1. The lowest BCUT2D eigenvalue weighted by Crippen LogP contribution is -2.12. The molecule has 0 spiro atoms. The maximum absolute atomic E-state index is 13.5. The fourth-order valence-corrected chi connectivity index (χ4v) is 2.33. The van der Waals surface area contributed by atoms with Crippen molar-refractivity contribution in [3.05, 3.63) is 69.5 Å². The first-order valence-electron chi connectivity index (χ1n) is 6.58. The van der Waals surface area contributed by atoms with Crippen molar-refractivity contribution < 1.29 is 13.9 Å². The Bertz CT molecular complexity index is 812. The highest BCUT2D eigenvalue weighted by molar-refractivity contribution is 9.10. The number of primary amides is 1.